The largest absolute Gasteiger partial charge is 0.375 e. The summed E-state index contributed by atoms with van der Waals surface area (Å²) in [6.07, 6.45) is 16.0. The Morgan fingerprint density at radius 2 is 1.70 bits per heavy atom. The van der Waals surface area contributed by atoms with Crippen molar-refractivity contribution in [2.75, 3.05) is 6.61 Å². The summed E-state index contributed by atoms with van der Waals surface area (Å²) in [6.45, 7) is 3.32. The van der Waals surface area contributed by atoms with Crippen molar-refractivity contribution in [1.82, 2.24) is 0 Å². The quantitative estimate of drug-likeness (QED) is 0.830. The zero-order valence-corrected chi connectivity index (χ0v) is 13.3. The molecule has 3 rings (SSSR count). The predicted octanol–water partition coefficient (Wildman–Crippen LogP) is 4.41. The van der Waals surface area contributed by atoms with Gasteiger partial charge in [0.1, 0.15) is 0 Å². The molecule has 1 heterocycles. The van der Waals surface area contributed by atoms with E-state index in [9.17, 15) is 0 Å². The number of ether oxygens (including phenoxy) is 1. The number of hydrogen-bond acceptors (Lipinski definition) is 2. The molecule has 2 atom stereocenters. The van der Waals surface area contributed by atoms with Crippen molar-refractivity contribution >= 4 is 0 Å². The lowest BCUT2D eigenvalue weighted by Crippen LogP contribution is -2.51. The Hall–Kier alpha value is -0.0800. The van der Waals surface area contributed by atoms with Gasteiger partial charge in [0.2, 0.25) is 0 Å². The van der Waals surface area contributed by atoms with Crippen LogP contribution in [0.15, 0.2) is 0 Å². The van der Waals surface area contributed by atoms with Gasteiger partial charge in [0.25, 0.3) is 0 Å². The molecule has 1 saturated heterocycles. The van der Waals surface area contributed by atoms with Gasteiger partial charge in [-0.05, 0) is 56.3 Å². The molecule has 2 aliphatic carbocycles. The van der Waals surface area contributed by atoms with Crippen molar-refractivity contribution in [3.05, 3.63) is 0 Å². The number of nitrogens with two attached hydrogens (primary N) is 1. The standard InChI is InChI=1S/C18H33NO/c1-2-17(9-6-7-10-17)16(19)15-8-13-20-18(14-15)11-4-3-5-12-18/h15-16H,2-14,19H2,1H3. The highest BCUT2D eigenvalue weighted by molar-refractivity contribution is 5.00. The zero-order chi connectivity index (χ0) is 14.1. The van der Waals surface area contributed by atoms with Gasteiger partial charge >= 0.3 is 0 Å². The lowest BCUT2D eigenvalue weighted by Gasteiger charge is -2.48. The monoisotopic (exact) mass is 279 g/mol. The molecule has 3 fully saturated rings. The molecule has 0 bridgehead atoms. The third kappa shape index (κ3) is 2.66. The van der Waals surface area contributed by atoms with Crippen LogP contribution in [0.25, 0.3) is 0 Å². The maximum atomic E-state index is 6.83. The summed E-state index contributed by atoms with van der Waals surface area (Å²) in [7, 11) is 0. The maximum absolute atomic E-state index is 6.83. The summed E-state index contributed by atoms with van der Waals surface area (Å²) in [5.41, 5.74) is 7.50. The Balaban J connectivity index is 1.69. The molecule has 0 radical (unpaired) electrons. The molecule has 2 saturated carbocycles. The minimum atomic E-state index is 0.215. The fourth-order valence-electron chi connectivity index (χ4n) is 5.42. The topological polar surface area (TPSA) is 35.2 Å². The summed E-state index contributed by atoms with van der Waals surface area (Å²) in [4.78, 5) is 0. The normalized spacial score (nSPS) is 34.2. The summed E-state index contributed by atoms with van der Waals surface area (Å²) in [6, 6.07) is 0.415. The molecule has 2 heteroatoms. The van der Waals surface area contributed by atoms with Crippen molar-refractivity contribution in [2.45, 2.75) is 95.6 Å². The molecule has 0 amide bonds. The van der Waals surface area contributed by atoms with Crippen molar-refractivity contribution in [1.29, 1.82) is 0 Å². The molecule has 3 aliphatic rings. The fourth-order valence-corrected chi connectivity index (χ4v) is 5.42. The first kappa shape index (κ1) is 14.8. The maximum Gasteiger partial charge on any atom is 0.0685 e. The summed E-state index contributed by atoms with van der Waals surface area (Å²) < 4.78 is 6.26. The van der Waals surface area contributed by atoms with Crippen molar-refractivity contribution in [2.24, 2.45) is 17.1 Å². The highest BCUT2D eigenvalue weighted by Gasteiger charge is 2.46. The van der Waals surface area contributed by atoms with E-state index in [1.54, 1.807) is 0 Å². The molecule has 1 aliphatic heterocycles. The first-order valence-electron chi connectivity index (χ1n) is 9.09. The van der Waals surface area contributed by atoms with Crippen LogP contribution in [0.5, 0.6) is 0 Å². The van der Waals surface area contributed by atoms with Crippen molar-refractivity contribution in [3.63, 3.8) is 0 Å². The average molecular weight is 279 g/mol. The fraction of sp³-hybridized carbons (Fsp3) is 1.00. The van der Waals surface area contributed by atoms with E-state index in [0.717, 1.165) is 6.61 Å². The third-order valence-corrected chi connectivity index (χ3v) is 6.81. The molecule has 2 unspecified atom stereocenters. The van der Waals surface area contributed by atoms with Crippen LogP contribution >= 0.6 is 0 Å². The van der Waals surface area contributed by atoms with Gasteiger partial charge in [-0.2, -0.15) is 0 Å². The predicted molar refractivity (Wildman–Crippen MR) is 83.7 cm³/mol. The lowest BCUT2D eigenvalue weighted by atomic mass is 9.66. The van der Waals surface area contributed by atoms with Crippen LogP contribution in [0.2, 0.25) is 0 Å². The van der Waals surface area contributed by atoms with E-state index in [4.69, 9.17) is 10.5 Å². The van der Waals surface area contributed by atoms with Crippen molar-refractivity contribution < 1.29 is 4.74 Å². The molecule has 0 aromatic carbocycles. The number of rotatable bonds is 3. The van der Waals surface area contributed by atoms with Crippen LogP contribution in [-0.4, -0.2) is 18.2 Å². The molecule has 116 valence electrons. The van der Waals surface area contributed by atoms with Gasteiger partial charge in [-0.15, -0.1) is 0 Å². The Morgan fingerprint density at radius 3 is 2.35 bits per heavy atom. The molecule has 0 aromatic heterocycles. The molecule has 2 N–H and O–H groups in total. The Bertz CT molecular complexity index is 310. The first-order chi connectivity index (χ1) is 9.70. The van der Waals surface area contributed by atoms with E-state index in [1.807, 2.05) is 0 Å². The minimum Gasteiger partial charge on any atom is -0.375 e. The smallest absolute Gasteiger partial charge is 0.0685 e. The minimum absolute atomic E-state index is 0.215. The average Bonchev–Trinajstić information content (AvgIpc) is 2.97. The van der Waals surface area contributed by atoms with Crippen LogP contribution < -0.4 is 5.73 Å². The van der Waals surface area contributed by atoms with Crippen LogP contribution in [0.3, 0.4) is 0 Å². The third-order valence-electron chi connectivity index (χ3n) is 6.81. The molecule has 0 aromatic rings. The SMILES string of the molecule is CCC1(C(N)C2CCOC3(CCCCC3)C2)CCCC1. The van der Waals surface area contributed by atoms with Crippen molar-refractivity contribution in [3.8, 4) is 0 Å². The van der Waals surface area contributed by atoms with Gasteiger partial charge in [-0.1, -0.05) is 39.0 Å². The summed E-state index contributed by atoms with van der Waals surface area (Å²) in [5.74, 6) is 0.708. The highest BCUT2D eigenvalue weighted by atomic mass is 16.5. The van der Waals surface area contributed by atoms with Gasteiger partial charge < -0.3 is 10.5 Å². The molecular formula is C18H33NO. The second-order valence-corrected chi connectivity index (χ2v) is 7.79. The van der Waals surface area contributed by atoms with E-state index >= 15 is 0 Å². The molecule has 20 heavy (non-hydrogen) atoms. The molecule has 2 nitrogen and oxygen atoms in total. The highest BCUT2D eigenvalue weighted by Crippen LogP contribution is 2.49. The first-order valence-corrected chi connectivity index (χ1v) is 9.09. The Morgan fingerprint density at radius 1 is 1.05 bits per heavy atom. The Labute approximate surface area is 124 Å². The van der Waals surface area contributed by atoms with Gasteiger partial charge in [0, 0.05) is 12.6 Å². The number of hydrogen-bond donors (Lipinski definition) is 1. The molecule has 1 spiro atoms. The lowest BCUT2D eigenvalue weighted by molar-refractivity contribution is -0.125. The van der Waals surface area contributed by atoms with E-state index < -0.39 is 0 Å². The van der Waals surface area contributed by atoms with E-state index in [2.05, 4.69) is 6.92 Å². The van der Waals surface area contributed by atoms with Crippen LogP contribution in [0.4, 0.5) is 0 Å². The van der Waals surface area contributed by atoms with Gasteiger partial charge in [-0.3, -0.25) is 0 Å². The second kappa shape index (κ2) is 5.96. The van der Waals surface area contributed by atoms with E-state index in [0.29, 0.717) is 17.4 Å². The van der Waals surface area contributed by atoms with Gasteiger partial charge in [0.15, 0.2) is 0 Å². The van der Waals surface area contributed by atoms with Crippen LogP contribution in [0.1, 0.15) is 84.0 Å². The Kier molecular flexibility index (Phi) is 4.42. The summed E-state index contributed by atoms with van der Waals surface area (Å²) in [5, 5.41) is 0. The van der Waals surface area contributed by atoms with E-state index in [-0.39, 0.29) is 5.60 Å². The van der Waals surface area contributed by atoms with Gasteiger partial charge in [0.05, 0.1) is 5.60 Å². The van der Waals surface area contributed by atoms with E-state index in [1.165, 1.54) is 77.0 Å². The summed E-state index contributed by atoms with van der Waals surface area (Å²) >= 11 is 0. The second-order valence-electron chi connectivity index (χ2n) is 7.79. The zero-order valence-electron chi connectivity index (χ0n) is 13.3. The van der Waals surface area contributed by atoms with Crippen LogP contribution in [-0.2, 0) is 4.74 Å². The van der Waals surface area contributed by atoms with Gasteiger partial charge in [-0.25, -0.2) is 0 Å². The van der Waals surface area contributed by atoms with Crippen LogP contribution in [0, 0.1) is 11.3 Å². The molecular weight excluding hydrogens is 246 g/mol.